The molecule has 2 rings (SSSR count). The van der Waals surface area contributed by atoms with Gasteiger partial charge in [-0.25, -0.2) is 8.42 Å². The van der Waals surface area contributed by atoms with Gasteiger partial charge in [0.2, 0.25) is 0 Å². The normalized spacial score (nSPS) is 11.3. The van der Waals surface area contributed by atoms with Gasteiger partial charge in [-0.2, -0.15) is 0 Å². The smallest absolute Gasteiger partial charge is 0.263 e. The number of nitrogens with one attached hydrogen (secondary N) is 1. The van der Waals surface area contributed by atoms with Crippen molar-refractivity contribution in [3.8, 4) is 0 Å². The second-order valence-corrected chi connectivity index (χ2v) is 7.91. The molecule has 0 saturated heterocycles. The van der Waals surface area contributed by atoms with Gasteiger partial charge in [0, 0.05) is 13.7 Å². The van der Waals surface area contributed by atoms with Gasteiger partial charge in [-0.1, -0.05) is 27.5 Å². The summed E-state index contributed by atoms with van der Waals surface area (Å²) in [4.78, 5) is 0.0518. The number of sulfonamides is 1. The van der Waals surface area contributed by atoms with Crippen LogP contribution in [0, 0.1) is 3.57 Å². The van der Waals surface area contributed by atoms with Gasteiger partial charge < -0.3 is 0 Å². The zero-order valence-electron chi connectivity index (χ0n) is 9.40. The average molecular weight is 473 g/mol. The summed E-state index contributed by atoms with van der Waals surface area (Å²) >= 11 is 11.3. The SMILES string of the molecule is O=S(=O)(Nc1ccc(I)cc1)c1ccc(Br)cc1Cl. The fourth-order valence-corrected chi connectivity index (χ4v) is 3.88. The van der Waals surface area contributed by atoms with Gasteiger partial charge in [-0.05, 0) is 65.1 Å². The highest BCUT2D eigenvalue weighted by Gasteiger charge is 2.18. The van der Waals surface area contributed by atoms with E-state index in [0.717, 1.165) is 8.04 Å². The summed E-state index contributed by atoms with van der Waals surface area (Å²) in [6.45, 7) is 0. The topological polar surface area (TPSA) is 46.2 Å². The Hall–Kier alpha value is -0.310. The van der Waals surface area contributed by atoms with Crippen LogP contribution in [-0.2, 0) is 10.0 Å². The second kappa shape index (κ2) is 5.99. The summed E-state index contributed by atoms with van der Waals surface area (Å²) in [7, 11) is -3.68. The summed E-state index contributed by atoms with van der Waals surface area (Å²) < 4.78 is 28.7. The predicted octanol–water partition coefficient (Wildman–Crippen LogP) is 4.51. The van der Waals surface area contributed by atoms with Gasteiger partial charge in [0.15, 0.2) is 0 Å². The van der Waals surface area contributed by atoms with Crippen LogP contribution in [0.25, 0.3) is 0 Å². The van der Waals surface area contributed by atoms with Crippen LogP contribution in [0.2, 0.25) is 5.02 Å². The van der Waals surface area contributed by atoms with E-state index in [2.05, 4.69) is 43.2 Å². The molecule has 0 aliphatic heterocycles. The molecule has 0 radical (unpaired) electrons. The molecular formula is C12H8BrClINO2S. The van der Waals surface area contributed by atoms with Crippen LogP contribution in [0.5, 0.6) is 0 Å². The first-order chi connectivity index (χ1) is 8.88. The van der Waals surface area contributed by atoms with Crippen LogP contribution in [0.15, 0.2) is 51.8 Å². The summed E-state index contributed by atoms with van der Waals surface area (Å²) in [5, 5.41) is 0.174. The lowest BCUT2D eigenvalue weighted by atomic mass is 10.3. The molecule has 2 aromatic rings. The molecule has 2 aromatic carbocycles. The Labute approximate surface area is 138 Å². The minimum absolute atomic E-state index is 0.0518. The molecule has 0 heterocycles. The molecule has 0 unspecified atom stereocenters. The molecule has 0 spiro atoms. The van der Waals surface area contributed by atoms with E-state index in [-0.39, 0.29) is 9.92 Å². The zero-order valence-corrected chi connectivity index (χ0v) is 14.7. The monoisotopic (exact) mass is 471 g/mol. The lowest BCUT2D eigenvalue weighted by molar-refractivity contribution is 0.601. The number of anilines is 1. The summed E-state index contributed by atoms with van der Waals surface area (Å²) in [5.41, 5.74) is 0.499. The third-order valence-electron chi connectivity index (χ3n) is 2.28. The van der Waals surface area contributed by atoms with E-state index in [9.17, 15) is 8.42 Å². The van der Waals surface area contributed by atoms with E-state index in [1.54, 1.807) is 24.3 Å². The van der Waals surface area contributed by atoms with E-state index in [1.165, 1.54) is 6.07 Å². The molecule has 19 heavy (non-hydrogen) atoms. The molecule has 0 atom stereocenters. The fourth-order valence-electron chi connectivity index (χ4n) is 1.42. The van der Waals surface area contributed by atoms with Crippen molar-refractivity contribution in [2.24, 2.45) is 0 Å². The molecule has 0 aromatic heterocycles. The number of hydrogen-bond acceptors (Lipinski definition) is 2. The van der Waals surface area contributed by atoms with Crippen LogP contribution in [0.3, 0.4) is 0 Å². The molecule has 1 N–H and O–H groups in total. The van der Waals surface area contributed by atoms with Gasteiger partial charge in [-0.3, -0.25) is 4.72 Å². The van der Waals surface area contributed by atoms with Crippen molar-refractivity contribution in [1.82, 2.24) is 0 Å². The van der Waals surface area contributed by atoms with E-state index in [1.807, 2.05) is 12.1 Å². The molecule has 0 aliphatic carbocycles. The van der Waals surface area contributed by atoms with E-state index >= 15 is 0 Å². The Morgan fingerprint density at radius 3 is 2.32 bits per heavy atom. The Balaban J connectivity index is 2.35. The average Bonchev–Trinajstić information content (AvgIpc) is 2.31. The predicted molar refractivity (Wildman–Crippen MR) is 89.1 cm³/mol. The Kier molecular flexibility index (Phi) is 4.75. The van der Waals surface area contributed by atoms with Crippen molar-refractivity contribution >= 4 is 65.8 Å². The highest BCUT2D eigenvalue weighted by molar-refractivity contribution is 14.1. The molecule has 0 fully saturated rings. The lowest BCUT2D eigenvalue weighted by Crippen LogP contribution is -2.13. The van der Waals surface area contributed by atoms with Crippen LogP contribution >= 0.6 is 50.1 Å². The van der Waals surface area contributed by atoms with Crippen molar-refractivity contribution < 1.29 is 8.42 Å². The van der Waals surface area contributed by atoms with Crippen molar-refractivity contribution in [2.75, 3.05) is 4.72 Å². The van der Waals surface area contributed by atoms with E-state index in [0.29, 0.717) is 5.69 Å². The van der Waals surface area contributed by atoms with Gasteiger partial charge in [0.25, 0.3) is 10.0 Å². The summed E-state index contributed by atoms with van der Waals surface area (Å²) in [5.74, 6) is 0. The third kappa shape index (κ3) is 3.84. The van der Waals surface area contributed by atoms with Crippen LogP contribution in [0.1, 0.15) is 0 Å². The minimum atomic E-state index is -3.68. The van der Waals surface area contributed by atoms with Gasteiger partial charge in [-0.15, -0.1) is 0 Å². The molecule has 7 heteroatoms. The molecule has 100 valence electrons. The third-order valence-corrected chi connectivity index (χ3v) is 5.36. The molecule has 3 nitrogen and oxygen atoms in total. The van der Waals surface area contributed by atoms with Crippen LogP contribution < -0.4 is 4.72 Å². The minimum Gasteiger partial charge on any atom is -0.280 e. The lowest BCUT2D eigenvalue weighted by Gasteiger charge is -2.09. The van der Waals surface area contributed by atoms with E-state index < -0.39 is 10.0 Å². The number of hydrogen-bond donors (Lipinski definition) is 1. The zero-order chi connectivity index (χ0) is 14.0. The van der Waals surface area contributed by atoms with Crippen molar-refractivity contribution in [3.63, 3.8) is 0 Å². The number of halogens is 3. The van der Waals surface area contributed by atoms with Crippen molar-refractivity contribution in [1.29, 1.82) is 0 Å². The first kappa shape index (κ1) is 15.1. The van der Waals surface area contributed by atoms with Gasteiger partial charge in [0.05, 0.1) is 5.02 Å². The Morgan fingerprint density at radius 2 is 1.74 bits per heavy atom. The maximum atomic E-state index is 12.2. The van der Waals surface area contributed by atoms with Crippen molar-refractivity contribution in [2.45, 2.75) is 4.90 Å². The fraction of sp³-hybridized carbons (Fsp3) is 0. The summed E-state index contributed by atoms with van der Waals surface area (Å²) in [6.07, 6.45) is 0. The Bertz CT molecular complexity index is 704. The first-order valence-corrected chi connectivity index (χ1v) is 8.85. The molecule has 0 amide bonds. The highest BCUT2D eigenvalue weighted by atomic mass is 127. The maximum absolute atomic E-state index is 12.2. The molecule has 0 aliphatic rings. The number of benzene rings is 2. The van der Waals surface area contributed by atoms with E-state index in [4.69, 9.17) is 11.6 Å². The molecular weight excluding hydrogens is 464 g/mol. The Morgan fingerprint density at radius 1 is 1.11 bits per heavy atom. The first-order valence-electron chi connectivity index (χ1n) is 5.12. The quantitative estimate of drug-likeness (QED) is 0.669. The number of rotatable bonds is 3. The standard InChI is InChI=1S/C12H8BrClINO2S/c13-8-1-6-12(11(14)7-8)19(17,18)16-10-4-2-9(15)3-5-10/h1-7,16H. The van der Waals surface area contributed by atoms with Gasteiger partial charge >= 0.3 is 0 Å². The highest BCUT2D eigenvalue weighted by Crippen LogP contribution is 2.27. The van der Waals surface area contributed by atoms with Crippen LogP contribution in [0.4, 0.5) is 5.69 Å². The largest absolute Gasteiger partial charge is 0.280 e. The second-order valence-electron chi connectivity index (χ2n) is 3.69. The maximum Gasteiger partial charge on any atom is 0.263 e. The van der Waals surface area contributed by atoms with Gasteiger partial charge in [0.1, 0.15) is 4.90 Å². The van der Waals surface area contributed by atoms with Crippen LogP contribution in [-0.4, -0.2) is 8.42 Å². The van der Waals surface area contributed by atoms with Crippen molar-refractivity contribution in [3.05, 3.63) is 55.5 Å². The summed E-state index contributed by atoms with van der Waals surface area (Å²) in [6, 6.07) is 11.7. The molecule has 0 saturated carbocycles. The molecule has 0 bridgehead atoms.